The van der Waals surface area contributed by atoms with Gasteiger partial charge < -0.3 is 15.6 Å². The van der Waals surface area contributed by atoms with Gasteiger partial charge in [0.25, 0.3) is 5.91 Å². The number of nitrogens with two attached hydrogens (primary N) is 1. The van der Waals surface area contributed by atoms with Gasteiger partial charge in [-0.1, -0.05) is 12.1 Å². The summed E-state index contributed by atoms with van der Waals surface area (Å²) in [4.78, 5) is 17.1. The first-order valence-electron chi connectivity index (χ1n) is 8.22. The van der Waals surface area contributed by atoms with Crippen LogP contribution in [0.5, 0.6) is 0 Å². The van der Waals surface area contributed by atoms with Crippen molar-refractivity contribution in [2.75, 3.05) is 5.32 Å². The summed E-state index contributed by atoms with van der Waals surface area (Å²) in [7, 11) is 2.06. The maximum absolute atomic E-state index is 12.4. The van der Waals surface area contributed by atoms with Crippen LogP contribution in [-0.4, -0.2) is 15.5 Å². The second-order valence-corrected chi connectivity index (χ2v) is 6.36. The van der Waals surface area contributed by atoms with Crippen LogP contribution in [0.1, 0.15) is 40.5 Å². The lowest BCUT2D eigenvalue weighted by Crippen LogP contribution is -2.12. The fourth-order valence-corrected chi connectivity index (χ4v) is 3.00. The Hall–Kier alpha value is -2.66. The number of aromatic nitrogens is 2. The van der Waals surface area contributed by atoms with Crippen LogP contribution in [-0.2, 0) is 13.6 Å². The van der Waals surface area contributed by atoms with Crippen molar-refractivity contribution in [3.8, 4) is 0 Å². The molecule has 1 fully saturated rings. The van der Waals surface area contributed by atoms with E-state index < -0.39 is 0 Å². The maximum atomic E-state index is 12.4. The van der Waals surface area contributed by atoms with E-state index in [9.17, 15) is 4.79 Å². The minimum atomic E-state index is -0.128. The average Bonchev–Trinajstić information content (AvgIpc) is 3.39. The number of imidazole rings is 1. The molecule has 24 heavy (non-hydrogen) atoms. The molecule has 5 heteroatoms. The first kappa shape index (κ1) is 14.9. The highest BCUT2D eigenvalue weighted by Crippen LogP contribution is 2.40. The van der Waals surface area contributed by atoms with Crippen molar-refractivity contribution in [2.24, 2.45) is 12.8 Å². The van der Waals surface area contributed by atoms with Crippen molar-refractivity contribution in [3.05, 3.63) is 59.4 Å². The van der Waals surface area contributed by atoms with E-state index in [1.54, 1.807) is 12.1 Å². The largest absolute Gasteiger partial charge is 0.331 e. The van der Waals surface area contributed by atoms with Crippen molar-refractivity contribution in [3.63, 3.8) is 0 Å². The summed E-state index contributed by atoms with van der Waals surface area (Å²) >= 11 is 0. The Kier molecular flexibility index (Phi) is 3.58. The van der Waals surface area contributed by atoms with Crippen molar-refractivity contribution in [1.82, 2.24) is 9.55 Å². The molecular weight excluding hydrogens is 300 g/mol. The van der Waals surface area contributed by atoms with Crippen LogP contribution in [0.3, 0.4) is 0 Å². The second kappa shape index (κ2) is 5.76. The van der Waals surface area contributed by atoms with E-state index in [0.29, 0.717) is 18.0 Å². The van der Waals surface area contributed by atoms with Crippen LogP contribution in [0, 0.1) is 0 Å². The third-order valence-corrected chi connectivity index (χ3v) is 4.57. The van der Waals surface area contributed by atoms with Gasteiger partial charge in [-0.25, -0.2) is 4.98 Å². The van der Waals surface area contributed by atoms with E-state index in [0.717, 1.165) is 28.1 Å². The molecule has 0 bridgehead atoms. The van der Waals surface area contributed by atoms with E-state index in [1.165, 1.54) is 12.8 Å². The number of aryl methyl sites for hydroxylation is 1. The molecule has 5 nitrogen and oxygen atoms in total. The van der Waals surface area contributed by atoms with Crippen LogP contribution < -0.4 is 11.1 Å². The number of benzene rings is 2. The molecule has 1 aliphatic rings. The summed E-state index contributed by atoms with van der Waals surface area (Å²) in [5.74, 6) is 1.61. The zero-order valence-electron chi connectivity index (χ0n) is 13.6. The normalized spacial score (nSPS) is 14.1. The average molecular weight is 320 g/mol. The number of amides is 1. The summed E-state index contributed by atoms with van der Waals surface area (Å²) in [5, 5.41) is 2.94. The smallest absolute Gasteiger partial charge is 0.255 e. The number of anilines is 1. The number of hydrogen-bond acceptors (Lipinski definition) is 3. The van der Waals surface area contributed by atoms with Gasteiger partial charge >= 0.3 is 0 Å². The van der Waals surface area contributed by atoms with Crippen molar-refractivity contribution in [2.45, 2.75) is 25.3 Å². The van der Waals surface area contributed by atoms with Gasteiger partial charge in [0.2, 0.25) is 0 Å². The molecule has 3 N–H and O–H groups in total. The summed E-state index contributed by atoms with van der Waals surface area (Å²) in [6.45, 7) is 0.474. The standard InChI is InChI=1S/C19H20N4O/c1-23-17-9-8-15(10-16(17)22-18(23)13-6-7-13)21-19(24)14-4-2-12(11-20)3-5-14/h2-5,8-10,13H,6-7,11,20H2,1H3,(H,21,24). The molecule has 1 amide bonds. The van der Waals surface area contributed by atoms with Gasteiger partial charge in [0, 0.05) is 30.8 Å². The summed E-state index contributed by atoms with van der Waals surface area (Å²) in [6.07, 6.45) is 2.44. The van der Waals surface area contributed by atoms with Crippen molar-refractivity contribution in [1.29, 1.82) is 0 Å². The SMILES string of the molecule is Cn1c(C2CC2)nc2cc(NC(=O)c3ccc(CN)cc3)ccc21. The first-order chi connectivity index (χ1) is 11.7. The lowest BCUT2D eigenvalue weighted by Gasteiger charge is -2.06. The minimum absolute atomic E-state index is 0.128. The molecule has 1 aromatic heterocycles. The molecule has 0 saturated heterocycles. The maximum Gasteiger partial charge on any atom is 0.255 e. The molecule has 1 aliphatic carbocycles. The molecule has 3 aromatic rings. The van der Waals surface area contributed by atoms with Crippen LogP contribution in [0.25, 0.3) is 11.0 Å². The Morgan fingerprint density at radius 3 is 2.67 bits per heavy atom. The Bertz CT molecular complexity index is 907. The molecule has 0 atom stereocenters. The molecule has 0 unspecified atom stereocenters. The number of fused-ring (bicyclic) bond motifs is 1. The number of hydrogen-bond donors (Lipinski definition) is 2. The molecule has 1 saturated carbocycles. The fraction of sp³-hybridized carbons (Fsp3) is 0.263. The Balaban J connectivity index is 1.58. The highest BCUT2D eigenvalue weighted by atomic mass is 16.1. The zero-order chi connectivity index (χ0) is 16.7. The van der Waals surface area contributed by atoms with Gasteiger partial charge in [-0.3, -0.25) is 4.79 Å². The molecule has 0 spiro atoms. The number of nitrogens with one attached hydrogen (secondary N) is 1. The van der Waals surface area contributed by atoms with E-state index in [2.05, 4.69) is 16.9 Å². The first-order valence-corrected chi connectivity index (χ1v) is 8.22. The van der Waals surface area contributed by atoms with Crippen LogP contribution in [0.2, 0.25) is 0 Å². The topological polar surface area (TPSA) is 72.9 Å². The van der Waals surface area contributed by atoms with Gasteiger partial charge in [-0.15, -0.1) is 0 Å². The second-order valence-electron chi connectivity index (χ2n) is 6.36. The summed E-state index contributed by atoms with van der Waals surface area (Å²) in [6, 6.07) is 13.2. The third-order valence-electron chi connectivity index (χ3n) is 4.57. The lowest BCUT2D eigenvalue weighted by molar-refractivity contribution is 0.102. The zero-order valence-corrected chi connectivity index (χ0v) is 13.6. The lowest BCUT2D eigenvalue weighted by atomic mass is 10.1. The monoisotopic (exact) mass is 320 g/mol. The third kappa shape index (κ3) is 2.67. The number of nitrogens with zero attached hydrogens (tertiary/aromatic N) is 2. The molecule has 0 radical (unpaired) electrons. The molecule has 4 rings (SSSR count). The summed E-state index contributed by atoms with van der Waals surface area (Å²) in [5.41, 5.74) is 9.99. The van der Waals surface area contributed by atoms with Crippen molar-refractivity contribution >= 4 is 22.6 Å². The quantitative estimate of drug-likeness (QED) is 0.775. The Labute approximate surface area is 140 Å². The predicted octanol–water partition coefficient (Wildman–Crippen LogP) is 3.16. The number of carbonyl (C=O) groups excluding carboxylic acids is 1. The highest BCUT2D eigenvalue weighted by molar-refractivity contribution is 6.05. The highest BCUT2D eigenvalue weighted by Gasteiger charge is 2.28. The van der Waals surface area contributed by atoms with Crippen LogP contribution >= 0.6 is 0 Å². The molecular formula is C19H20N4O. The number of carbonyl (C=O) groups is 1. The van der Waals surface area contributed by atoms with Gasteiger partial charge in [0.15, 0.2) is 0 Å². The van der Waals surface area contributed by atoms with Gasteiger partial charge in [-0.2, -0.15) is 0 Å². The summed E-state index contributed by atoms with van der Waals surface area (Å²) < 4.78 is 2.16. The van der Waals surface area contributed by atoms with Crippen LogP contribution in [0.4, 0.5) is 5.69 Å². The fourth-order valence-electron chi connectivity index (χ4n) is 3.00. The van der Waals surface area contributed by atoms with E-state index in [-0.39, 0.29) is 5.91 Å². The molecule has 122 valence electrons. The Morgan fingerprint density at radius 1 is 1.25 bits per heavy atom. The van der Waals surface area contributed by atoms with E-state index in [4.69, 9.17) is 10.7 Å². The molecule has 0 aliphatic heterocycles. The van der Waals surface area contributed by atoms with Gasteiger partial charge in [0.1, 0.15) is 5.82 Å². The Morgan fingerprint density at radius 2 is 2.00 bits per heavy atom. The van der Waals surface area contributed by atoms with Crippen molar-refractivity contribution < 1.29 is 4.79 Å². The van der Waals surface area contributed by atoms with Gasteiger partial charge in [-0.05, 0) is 48.7 Å². The number of rotatable bonds is 4. The van der Waals surface area contributed by atoms with E-state index >= 15 is 0 Å². The minimum Gasteiger partial charge on any atom is -0.331 e. The van der Waals surface area contributed by atoms with Crippen LogP contribution in [0.15, 0.2) is 42.5 Å². The van der Waals surface area contributed by atoms with Gasteiger partial charge in [0.05, 0.1) is 11.0 Å². The van der Waals surface area contributed by atoms with E-state index in [1.807, 2.05) is 30.3 Å². The molecule has 2 aromatic carbocycles. The predicted molar refractivity (Wildman–Crippen MR) is 95.0 cm³/mol. The molecule has 1 heterocycles.